The maximum absolute atomic E-state index is 12.2. The number of carbonyl (C=O) groups is 1. The number of hydrogen-bond donors (Lipinski definition) is 1. The van der Waals surface area contributed by atoms with Crippen molar-refractivity contribution in [2.24, 2.45) is 0 Å². The lowest BCUT2D eigenvalue weighted by molar-refractivity contribution is 0.0889. The predicted octanol–water partition coefficient (Wildman–Crippen LogP) is 2.84. The van der Waals surface area contributed by atoms with E-state index in [1.165, 1.54) is 22.3 Å². The number of nitrogens with one attached hydrogen (secondary N) is 1. The molecule has 0 fully saturated rings. The largest absolute Gasteiger partial charge is 0.350 e. The van der Waals surface area contributed by atoms with E-state index in [1.807, 2.05) is 6.07 Å². The fourth-order valence-electron chi connectivity index (χ4n) is 3.80. The van der Waals surface area contributed by atoms with Crippen LogP contribution in [0.1, 0.15) is 38.7 Å². The van der Waals surface area contributed by atoms with Crippen molar-refractivity contribution in [1.82, 2.24) is 10.2 Å². The van der Waals surface area contributed by atoms with Crippen LogP contribution in [-0.2, 0) is 13.0 Å². The Balaban J connectivity index is 1.73. The van der Waals surface area contributed by atoms with E-state index in [-0.39, 0.29) is 5.91 Å². The number of aryl methyl sites for hydroxylation is 1. The smallest absolute Gasteiger partial charge is 0.251 e. The fourth-order valence-corrected chi connectivity index (χ4v) is 3.80. The molecule has 2 aliphatic rings. The molecule has 2 aliphatic heterocycles. The topological polar surface area (TPSA) is 32.3 Å². The van der Waals surface area contributed by atoms with Gasteiger partial charge in [0.15, 0.2) is 0 Å². The Morgan fingerprint density at radius 2 is 2.00 bits per heavy atom. The minimum Gasteiger partial charge on any atom is -0.350 e. The molecule has 2 aromatic rings. The summed E-state index contributed by atoms with van der Waals surface area (Å²) in [5.41, 5.74) is 6.18. The molecular weight excluding hydrogens is 272 g/mol. The van der Waals surface area contributed by atoms with E-state index in [2.05, 4.69) is 53.5 Å². The van der Waals surface area contributed by atoms with E-state index >= 15 is 0 Å². The minimum absolute atomic E-state index is 0.0778. The lowest BCUT2D eigenvalue weighted by Crippen LogP contribution is -2.46. The van der Waals surface area contributed by atoms with Crippen LogP contribution in [0, 0.1) is 6.92 Å². The number of amides is 1. The molecule has 22 heavy (non-hydrogen) atoms. The van der Waals surface area contributed by atoms with Crippen LogP contribution in [0.4, 0.5) is 0 Å². The highest BCUT2D eigenvalue weighted by atomic mass is 16.1. The van der Waals surface area contributed by atoms with Crippen molar-refractivity contribution in [3.05, 3.63) is 70.3 Å². The van der Waals surface area contributed by atoms with Gasteiger partial charge in [0.05, 0.1) is 6.04 Å². The van der Waals surface area contributed by atoms with Gasteiger partial charge in [-0.1, -0.05) is 36.4 Å². The van der Waals surface area contributed by atoms with Gasteiger partial charge in [-0.2, -0.15) is 0 Å². The minimum atomic E-state index is 0.0778. The second kappa shape index (κ2) is 5.25. The summed E-state index contributed by atoms with van der Waals surface area (Å²) in [7, 11) is 0. The monoisotopic (exact) mass is 292 g/mol. The Morgan fingerprint density at radius 3 is 2.82 bits per heavy atom. The normalized spacial score (nSPS) is 20.4. The molecule has 1 N–H and O–H groups in total. The molecule has 0 aromatic heterocycles. The Hall–Kier alpha value is -2.13. The van der Waals surface area contributed by atoms with Gasteiger partial charge in [-0.05, 0) is 41.7 Å². The molecule has 112 valence electrons. The first-order chi connectivity index (χ1) is 10.7. The maximum atomic E-state index is 12.2. The van der Waals surface area contributed by atoms with E-state index in [4.69, 9.17) is 0 Å². The lowest BCUT2D eigenvalue weighted by Gasteiger charge is -2.41. The molecule has 2 heterocycles. The predicted molar refractivity (Wildman–Crippen MR) is 86.8 cm³/mol. The molecule has 0 saturated carbocycles. The van der Waals surface area contributed by atoms with Gasteiger partial charge in [0, 0.05) is 25.2 Å². The molecule has 1 amide bonds. The number of carbonyl (C=O) groups excluding carboxylic acids is 1. The molecule has 1 unspecified atom stereocenters. The summed E-state index contributed by atoms with van der Waals surface area (Å²) in [5, 5.41) is 3.05. The highest BCUT2D eigenvalue weighted by Crippen LogP contribution is 2.36. The Morgan fingerprint density at radius 1 is 1.18 bits per heavy atom. The van der Waals surface area contributed by atoms with Crippen LogP contribution in [0.2, 0.25) is 0 Å². The summed E-state index contributed by atoms with van der Waals surface area (Å²) >= 11 is 0. The van der Waals surface area contributed by atoms with E-state index in [0.29, 0.717) is 6.04 Å². The number of hydrogen-bond acceptors (Lipinski definition) is 2. The van der Waals surface area contributed by atoms with Gasteiger partial charge < -0.3 is 5.32 Å². The first-order valence-electron chi connectivity index (χ1n) is 7.92. The summed E-state index contributed by atoms with van der Waals surface area (Å²) in [5.74, 6) is 0.0778. The van der Waals surface area contributed by atoms with E-state index in [1.54, 1.807) is 0 Å². The summed E-state index contributed by atoms with van der Waals surface area (Å²) in [6.45, 7) is 4.86. The standard InChI is InChI=1S/C19H20N2O/c1-13-7-8-16-18-15(13)9-10-21(17(18)11-20-19(16)22)12-14-5-3-2-4-6-14/h2-8,17H,9-12H2,1H3,(H,20,22). The third-order valence-electron chi connectivity index (χ3n) is 4.94. The summed E-state index contributed by atoms with van der Waals surface area (Å²) in [6.07, 6.45) is 1.03. The Labute approximate surface area is 131 Å². The van der Waals surface area contributed by atoms with Crippen molar-refractivity contribution in [2.45, 2.75) is 25.9 Å². The van der Waals surface area contributed by atoms with E-state index in [9.17, 15) is 4.79 Å². The molecule has 3 heteroatoms. The van der Waals surface area contributed by atoms with Gasteiger partial charge in [0.25, 0.3) is 5.91 Å². The number of benzene rings is 2. The Bertz CT molecular complexity index is 724. The highest BCUT2D eigenvalue weighted by Gasteiger charge is 2.35. The van der Waals surface area contributed by atoms with Crippen LogP contribution in [0.5, 0.6) is 0 Å². The van der Waals surface area contributed by atoms with Gasteiger partial charge >= 0.3 is 0 Å². The zero-order chi connectivity index (χ0) is 15.1. The van der Waals surface area contributed by atoms with Crippen molar-refractivity contribution in [3.63, 3.8) is 0 Å². The van der Waals surface area contributed by atoms with Crippen LogP contribution in [0.3, 0.4) is 0 Å². The molecule has 0 radical (unpaired) electrons. The van der Waals surface area contributed by atoms with E-state index in [0.717, 1.165) is 31.6 Å². The molecule has 3 nitrogen and oxygen atoms in total. The van der Waals surface area contributed by atoms with Gasteiger partial charge in [0.1, 0.15) is 0 Å². The summed E-state index contributed by atoms with van der Waals surface area (Å²) in [6, 6.07) is 15.0. The van der Waals surface area contributed by atoms with Crippen LogP contribution in [-0.4, -0.2) is 23.9 Å². The number of rotatable bonds is 2. The quantitative estimate of drug-likeness (QED) is 0.923. The summed E-state index contributed by atoms with van der Waals surface area (Å²) < 4.78 is 0. The maximum Gasteiger partial charge on any atom is 0.251 e. The average molecular weight is 292 g/mol. The molecule has 0 bridgehead atoms. The zero-order valence-corrected chi connectivity index (χ0v) is 12.8. The van der Waals surface area contributed by atoms with Gasteiger partial charge in [-0.15, -0.1) is 0 Å². The third kappa shape index (κ3) is 2.13. The highest BCUT2D eigenvalue weighted by molar-refractivity contribution is 5.97. The van der Waals surface area contributed by atoms with Crippen LogP contribution in [0.15, 0.2) is 42.5 Å². The van der Waals surface area contributed by atoms with Gasteiger partial charge in [-0.3, -0.25) is 9.69 Å². The first kappa shape index (κ1) is 13.5. The van der Waals surface area contributed by atoms with Gasteiger partial charge in [0.2, 0.25) is 0 Å². The van der Waals surface area contributed by atoms with Crippen LogP contribution < -0.4 is 5.32 Å². The molecule has 0 spiro atoms. The van der Waals surface area contributed by atoms with Crippen LogP contribution >= 0.6 is 0 Å². The number of nitrogens with zero attached hydrogens (tertiary/aromatic N) is 1. The van der Waals surface area contributed by atoms with Gasteiger partial charge in [-0.25, -0.2) is 0 Å². The Kier molecular flexibility index (Phi) is 3.23. The lowest BCUT2D eigenvalue weighted by atomic mass is 9.83. The van der Waals surface area contributed by atoms with Crippen molar-refractivity contribution >= 4 is 5.91 Å². The molecule has 4 rings (SSSR count). The second-order valence-electron chi connectivity index (χ2n) is 6.25. The summed E-state index contributed by atoms with van der Waals surface area (Å²) in [4.78, 5) is 14.7. The second-order valence-corrected chi connectivity index (χ2v) is 6.25. The van der Waals surface area contributed by atoms with Crippen molar-refractivity contribution in [2.75, 3.05) is 13.1 Å². The van der Waals surface area contributed by atoms with Crippen molar-refractivity contribution < 1.29 is 4.79 Å². The molecule has 1 atom stereocenters. The fraction of sp³-hybridized carbons (Fsp3) is 0.316. The van der Waals surface area contributed by atoms with Crippen LogP contribution in [0.25, 0.3) is 0 Å². The average Bonchev–Trinajstić information content (AvgIpc) is 2.54. The van der Waals surface area contributed by atoms with Crippen molar-refractivity contribution in [1.29, 1.82) is 0 Å². The SMILES string of the molecule is Cc1ccc2c3c1CCN(Cc1ccccc1)C3CNC2=O. The molecule has 0 aliphatic carbocycles. The molecular formula is C19H20N2O. The third-order valence-corrected chi connectivity index (χ3v) is 4.94. The van der Waals surface area contributed by atoms with Crippen molar-refractivity contribution in [3.8, 4) is 0 Å². The zero-order valence-electron chi connectivity index (χ0n) is 12.8. The first-order valence-corrected chi connectivity index (χ1v) is 7.92. The molecule has 0 saturated heterocycles. The molecule has 2 aromatic carbocycles. The van der Waals surface area contributed by atoms with E-state index < -0.39 is 0 Å².